The second kappa shape index (κ2) is 7.91. The molecule has 1 aromatic rings. The molecule has 1 saturated heterocycles. The van der Waals surface area contributed by atoms with E-state index >= 15 is 0 Å². The van der Waals surface area contributed by atoms with E-state index in [4.69, 9.17) is 4.74 Å². The molecule has 1 fully saturated rings. The normalized spacial score (nSPS) is 19.7. The minimum atomic E-state index is -1.15. The smallest absolute Gasteiger partial charge is 0.128 e. The topological polar surface area (TPSA) is 29.5 Å². The Morgan fingerprint density at radius 2 is 1.83 bits per heavy atom. The van der Waals surface area contributed by atoms with E-state index in [1.807, 2.05) is 19.9 Å². The number of nitrogens with zero attached hydrogens (tertiary/aromatic N) is 1. The highest BCUT2D eigenvalue weighted by molar-refractivity contribution is 7.82. The Bertz CT molecular complexity index is 547. The summed E-state index contributed by atoms with van der Waals surface area (Å²) in [4.78, 5) is 0.933. The number of benzene rings is 1. The molecule has 1 heterocycles. The van der Waals surface area contributed by atoms with E-state index in [1.165, 1.54) is 11.1 Å². The van der Waals surface area contributed by atoms with Gasteiger partial charge < -0.3 is 4.74 Å². The molecule has 0 amide bonds. The van der Waals surface area contributed by atoms with Crippen molar-refractivity contribution in [2.24, 2.45) is 0 Å². The monoisotopic (exact) mass is 339 g/mol. The van der Waals surface area contributed by atoms with Crippen molar-refractivity contribution in [2.45, 2.75) is 71.2 Å². The molecule has 132 valence electrons. The molecule has 1 aromatic carbocycles. The Balaban J connectivity index is 0.00000127. The predicted octanol–water partition coefficient (Wildman–Crippen LogP) is 4.45. The fourth-order valence-electron chi connectivity index (χ4n) is 2.65. The maximum absolute atomic E-state index is 13.2. The Morgan fingerprint density at radius 1 is 1.22 bits per heavy atom. The summed E-state index contributed by atoms with van der Waals surface area (Å²) in [7, 11) is -1.15. The predicted molar refractivity (Wildman–Crippen MR) is 99.2 cm³/mol. The van der Waals surface area contributed by atoms with E-state index in [0.29, 0.717) is 19.8 Å². The third-order valence-corrected chi connectivity index (χ3v) is 5.71. The molecule has 0 radical (unpaired) electrons. The van der Waals surface area contributed by atoms with Crippen LogP contribution in [0.1, 0.15) is 59.6 Å². The fourth-order valence-corrected chi connectivity index (χ4v) is 4.37. The molecule has 1 atom stereocenters. The first-order valence-corrected chi connectivity index (χ1v) is 9.62. The van der Waals surface area contributed by atoms with Crippen LogP contribution in [0.2, 0.25) is 0 Å². The molecule has 0 N–H and O–H groups in total. The SMILES string of the molecule is CC.Cc1ccc(S(=O)N2CCOCC2(C)C)c(C(C)(C)C)c1. The lowest BCUT2D eigenvalue weighted by atomic mass is 9.86. The molecule has 0 spiro atoms. The van der Waals surface area contributed by atoms with Crippen LogP contribution in [-0.2, 0) is 21.1 Å². The molecule has 0 saturated carbocycles. The average Bonchev–Trinajstić information content (AvgIpc) is 2.47. The van der Waals surface area contributed by atoms with Gasteiger partial charge in [0.15, 0.2) is 0 Å². The van der Waals surface area contributed by atoms with Crippen molar-refractivity contribution in [3.05, 3.63) is 29.3 Å². The van der Waals surface area contributed by atoms with Crippen molar-refractivity contribution in [2.75, 3.05) is 19.8 Å². The summed E-state index contributed by atoms with van der Waals surface area (Å²) < 4.78 is 20.8. The highest BCUT2D eigenvalue weighted by Gasteiger charge is 2.36. The standard InChI is InChI=1S/C17H27NO2S.C2H6/c1-13-7-8-15(14(11-13)16(2,3)4)21(19)18-9-10-20-12-17(18,5)6;1-2/h7-8,11H,9-10,12H2,1-6H3;1-2H3. The lowest BCUT2D eigenvalue weighted by molar-refractivity contribution is -0.00529. The quantitative estimate of drug-likeness (QED) is 0.796. The lowest BCUT2D eigenvalue weighted by Crippen LogP contribution is -2.53. The molecule has 0 bridgehead atoms. The Hall–Kier alpha value is -0.710. The summed E-state index contributed by atoms with van der Waals surface area (Å²) in [5.74, 6) is 0. The molecule has 0 aliphatic carbocycles. The number of aryl methyl sites for hydroxylation is 1. The van der Waals surface area contributed by atoms with Gasteiger partial charge in [0.2, 0.25) is 0 Å². The number of morpholine rings is 1. The van der Waals surface area contributed by atoms with Gasteiger partial charge in [0, 0.05) is 6.54 Å². The second-order valence-electron chi connectivity index (χ2n) is 7.47. The fraction of sp³-hybridized carbons (Fsp3) is 0.684. The first-order chi connectivity index (χ1) is 10.6. The highest BCUT2D eigenvalue weighted by Crippen LogP contribution is 2.32. The number of ether oxygens (including phenoxy) is 1. The van der Waals surface area contributed by atoms with Crippen molar-refractivity contribution in [3.63, 3.8) is 0 Å². The van der Waals surface area contributed by atoms with Gasteiger partial charge in [0.05, 0.1) is 23.6 Å². The van der Waals surface area contributed by atoms with Crippen LogP contribution in [0.5, 0.6) is 0 Å². The number of hydrogen-bond donors (Lipinski definition) is 0. The lowest BCUT2D eigenvalue weighted by Gasteiger charge is -2.41. The first-order valence-electron chi connectivity index (χ1n) is 8.51. The van der Waals surface area contributed by atoms with Gasteiger partial charge in [-0.3, -0.25) is 0 Å². The molecule has 23 heavy (non-hydrogen) atoms. The summed E-state index contributed by atoms with van der Waals surface area (Å²) in [6.07, 6.45) is 0. The molecule has 1 unspecified atom stereocenters. The van der Waals surface area contributed by atoms with E-state index in [1.54, 1.807) is 0 Å². The molecular formula is C19H33NO2S. The minimum Gasteiger partial charge on any atom is -0.378 e. The maximum atomic E-state index is 13.2. The average molecular weight is 340 g/mol. The molecule has 4 heteroatoms. The third-order valence-electron chi connectivity index (χ3n) is 3.90. The molecule has 0 aromatic heterocycles. The van der Waals surface area contributed by atoms with Gasteiger partial charge in [-0.05, 0) is 37.8 Å². The summed E-state index contributed by atoms with van der Waals surface area (Å²) in [6, 6.07) is 6.24. The van der Waals surface area contributed by atoms with Crippen molar-refractivity contribution >= 4 is 11.0 Å². The van der Waals surface area contributed by atoms with Crippen molar-refractivity contribution < 1.29 is 8.95 Å². The van der Waals surface area contributed by atoms with Crippen molar-refractivity contribution in [1.82, 2.24) is 4.31 Å². The first kappa shape index (κ1) is 20.3. The molecular weight excluding hydrogens is 306 g/mol. The summed E-state index contributed by atoms with van der Waals surface area (Å²) >= 11 is 0. The van der Waals surface area contributed by atoms with Crippen LogP contribution < -0.4 is 0 Å². The van der Waals surface area contributed by atoms with E-state index in [9.17, 15) is 4.21 Å². The molecule has 1 aliphatic heterocycles. The van der Waals surface area contributed by atoms with Gasteiger partial charge in [-0.25, -0.2) is 8.51 Å². The van der Waals surface area contributed by atoms with Gasteiger partial charge in [-0.1, -0.05) is 52.3 Å². The third kappa shape index (κ3) is 4.88. The maximum Gasteiger partial charge on any atom is 0.128 e. The van der Waals surface area contributed by atoms with Gasteiger partial charge in [-0.15, -0.1) is 0 Å². The zero-order valence-corrected chi connectivity index (χ0v) is 16.8. The van der Waals surface area contributed by atoms with E-state index < -0.39 is 11.0 Å². The van der Waals surface area contributed by atoms with Gasteiger partial charge >= 0.3 is 0 Å². The second-order valence-corrected chi connectivity index (χ2v) is 8.84. The highest BCUT2D eigenvalue weighted by atomic mass is 32.2. The largest absolute Gasteiger partial charge is 0.378 e. The number of rotatable bonds is 2. The van der Waals surface area contributed by atoms with Crippen LogP contribution >= 0.6 is 0 Å². The summed E-state index contributed by atoms with van der Waals surface area (Å²) in [6.45, 7) is 18.8. The zero-order chi connectivity index (χ0) is 17.8. The van der Waals surface area contributed by atoms with E-state index in [0.717, 1.165) is 4.90 Å². The van der Waals surface area contributed by atoms with Crippen molar-refractivity contribution in [3.8, 4) is 0 Å². The van der Waals surface area contributed by atoms with Gasteiger partial charge in [0.25, 0.3) is 0 Å². The summed E-state index contributed by atoms with van der Waals surface area (Å²) in [5, 5.41) is 0. The van der Waals surface area contributed by atoms with Crippen LogP contribution in [0, 0.1) is 6.92 Å². The van der Waals surface area contributed by atoms with Crippen LogP contribution in [0.25, 0.3) is 0 Å². The Kier molecular flexibility index (Phi) is 6.99. The van der Waals surface area contributed by atoms with Crippen LogP contribution in [0.3, 0.4) is 0 Å². The van der Waals surface area contributed by atoms with E-state index in [2.05, 4.69) is 58.0 Å². The summed E-state index contributed by atoms with van der Waals surface area (Å²) in [5.41, 5.74) is 2.15. The Labute approximate surface area is 145 Å². The van der Waals surface area contributed by atoms with Crippen molar-refractivity contribution in [1.29, 1.82) is 0 Å². The molecule has 2 rings (SSSR count). The van der Waals surface area contributed by atoms with Crippen LogP contribution in [-0.4, -0.2) is 33.8 Å². The minimum absolute atomic E-state index is 0.0204. The Morgan fingerprint density at radius 3 is 2.35 bits per heavy atom. The van der Waals surface area contributed by atoms with E-state index in [-0.39, 0.29) is 11.0 Å². The number of hydrogen-bond acceptors (Lipinski definition) is 2. The zero-order valence-electron chi connectivity index (χ0n) is 16.0. The van der Waals surface area contributed by atoms with Gasteiger partial charge in [0.1, 0.15) is 11.0 Å². The van der Waals surface area contributed by atoms with Crippen LogP contribution in [0.15, 0.2) is 23.1 Å². The molecule has 1 aliphatic rings. The van der Waals surface area contributed by atoms with Gasteiger partial charge in [-0.2, -0.15) is 0 Å². The van der Waals surface area contributed by atoms with Crippen LogP contribution in [0.4, 0.5) is 0 Å². The molecule has 3 nitrogen and oxygen atoms in total.